The molecule has 1 aliphatic rings. The zero-order chi connectivity index (χ0) is 11.7. The Balaban J connectivity index is 1.81. The molecule has 0 aromatic carbocycles. The van der Waals surface area contributed by atoms with E-state index in [2.05, 4.69) is 23.3 Å². The molecule has 3 nitrogen and oxygen atoms in total. The summed E-state index contributed by atoms with van der Waals surface area (Å²) in [6.07, 6.45) is 0. The predicted octanol–water partition coefficient (Wildman–Crippen LogP) is 2.21. The fraction of sp³-hybridized carbons (Fsp3) is 0.583. The van der Waals surface area contributed by atoms with Crippen LogP contribution in [0.15, 0.2) is 11.4 Å². The van der Waals surface area contributed by atoms with Gasteiger partial charge in [0.15, 0.2) is 0 Å². The van der Waals surface area contributed by atoms with Crippen LogP contribution in [0.3, 0.4) is 0 Å². The minimum atomic E-state index is -0.669. The first-order valence-electron chi connectivity index (χ1n) is 5.56. The lowest BCUT2D eigenvalue weighted by molar-refractivity contribution is -0.145. The normalized spacial score (nSPS) is 19.4. The first kappa shape index (κ1) is 11.6. The van der Waals surface area contributed by atoms with Gasteiger partial charge < -0.3 is 5.11 Å². The largest absolute Gasteiger partial charge is 0.481 e. The summed E-state index contributed by atoms with van der Waals surface area (Å²) in [6.45, 7) is 6.76. The van der Waals surface area contributed by atoms with Gasteiger partial charge >= 0.3 is 5.97 Å². The summed E-state index contributed by atoms with van der Waals surface area (Å²) in [5, 5.41) is 11.0. The minimum Gasteiger partial charge on any atom is -0.481 e. The van der Waals surface area contributed by atoms with Crippen molar-refractivity contribution in [2.45, 2.75) is 20.4 Å². The zero-order valence-electron chi connectivity index (χ0n) is 9.64. The average Bonchev–Trinajstić information content (AvgIpc) is 2.56. The highest BCUT2D eigenvalue weighted by molar-refractivity contribution is 7.10. The average molecular weight is 239 g/mol. The number of hydrogen-bond acceptors (Lipinski definition) is 3. The van der Waals surface area contributed by atoms with Crippen molar-refractivity contribution in [3.8, 4) is 0 Å². The van der Waals surface area contributed by atoms with Crippen LogP contribution in [0.4, 0.5) is 0 Å². The van der Waals surface area contributed by atoms with Crippen LogP contribution in [0, 0.1) is 18.8 Å². The summed E-state index contributed by atoms with van der Waals surface area (Å²) in [7, 11) is 0. The second-order valence-electron chi connectivity index (χ2n) is 4.61. The van der Waals surface area contributed by atoms with Crippen molar-refractivity contribution < 1.29 is 9.90 Å². The number of thiophene rings is 1. The quantitative estimate of drug-likeness (QED) is 0.875. The van der Waals surface area contributed by atoms with E-state index >= 15 is 0 Å². The van der Waals surface area contributed by atoms with Crippen LogP contribution in [-0.4, -0.2) is 29.1 Å². The number of aliphatic carboxylic acids is 1. The number of rotatable bonds is 4. The highest BCUT2D eigenvalue weighted by Gasteiger charge is 2.34. The van der Waals surface area contributed by atoms with Crippen LogP contribution in [-0.2, 0) is 11.3 Å². The molecule has 0 radical (unpaired) electrons. The molecule has 0 saturated carbocycles. The molecule has 16 heavy (non-hydrogen) atoms. The van der Waals surface area contributed by atoms with Crippen molar-refractivity contribution >= 4 is 17.3 Å². The van der Waals surface area contributed by atoms with Gasteiger partial charge in [0.1, 0.15) is 0 Å². The standard InChI is InChI=1S/C12H17NO2S/c1-8-3-4-16-11(8)7-13-5-10(6-13)9(2)12(14)15/h3-4,9-10H,5-7H2,1-2H3,(H,14,15). The Morgan fingerprint density at radius 1 is 1.69 bits per heavy atom. The van der Waals surface area contributed by atoms with Gasteiger partial charge in [0.05, 0.1) is 5.92 Å². The third-order valence-electron chi connectivity index (χ3n) is 3.42. The van der Waals surface area contributed by atoms with E-state index in [0.29, 0.717) is 5.92 Å². The summed E-state index contributed by atoms with van der Waals surface area (Å²) >= 11 is 1.79. The van der Waals surface area contributed by atoms with Gasteiger partial charge in [-0.2, -0.15) is 0 Å². The predicted molar refractivity (Wildman–Crippen MR) is 64.6 cm³/mol. The molecule has 1 atom stereocenters. The number of nitrogens with zero attached hydrogens (tertiary/aromatic N) is 1. The summed E-state index contributed by atoms with van der Waals surface area (Å²) < 4.78 is 0. The van der Waals surface area contributed by atoms with E-state index in [0.717, 1.165) is 19.6 Å². The molecule has 1 fully saturated rings. The number of hydrogen-bond donors (Lipinski definition) is 1. The minimum absolute atomic E-state index is 0.208. The second-order valence-corrected chi connectivity index (χ2v) is 5.61. The third-order valence-corrected chi connectivity index (χ3v) is 4.43. The SMILES string of the molecule is Cc1ccsc1CN1CC(C(C)C(=O)O)C1. The Morgan fingerprint density at radius 2 is 2.38 bits per heavy atom. The van der Waals surface area contributed by atoms with Gasteiger partial charge in [0.2, 0.25) is 0 Å². The Labute approximate surface area is 99.7 Å². The molecule has 2 rings (SSSR count). The maximum Gasteiger partial charge on any atom is 0.306 e. The van der Waals surface area contributed by atoms with E-state index in [-0.39, 0.29) is 5.92 Å². The van der Waals surface area contributed by atoms with Crippen molar-refractivity contribution in [1.29, 1.82) is 0 Å². The highest BCUT2D eigenvalue weighted by atomic mass is 32.1. The van der Waals surface area contributed by atoms with Crippen molar-refractivity contribution in [2.24, 2.45) is 11.8 Å². The molecule has 0 spiro atoms. The van der Waals surface area contributed by atoms with Crippen molar-refractivity contribution in [3.63, 3.8) is 0 Å². The van der Waals surface area contributed by atoms with Gasteiger partial charge in [-0.15, -0.1) is 11.3 Å². The summed E-state index contributed by atoms with van der Waals surface area (Å²) in [4.78, 5) is 14.5. The zero-order valence-corrected chi connectivity index (χ0v) is 10.5. The maximum atomic E-state index is 10.8. The van der Waals surface area contributed by atoms with Crippen LogP contribution in [0.25, 0.3) is 0 Å². The Bertz CT molecular complexity index is 382. The number of carbonyl (C=O) groups is 1. The van der Waals surface area contributed by atoms with Crippen molar-refractivity contribution in [1.82, 2.24) is 4.90 Å². The Hall–Kier alpha value is -0.870. The van der Waals surface area contributed by atoms with E-state index in [4.69, 9.17) is 5.11 Å². The number of carboxylic acids is 1. The second kappa shape index (κ2) is 4.55. The van der Waals surface area contributed by atoms with Gasteiger partial charge in [-0.05, 0) is 29.9 Å². The summed E-state index contributed by atoms with van der Waals surface area (Å²) in [5.41, 5.74) is 1.35. The fourth-order valence-electron chi connectivity index (χ4n) is 2.03. The van der Waals surface area contributed by atoms with E-state index in [1.54, 1.807) is 18.3 Å². The molecule has 1 aliphatic heterocycles. The first-order valence-corrected chi connectivity index (χ1v) is 6.44. The van der Waals surface area contributed by atoms with E-state index in [1.807, 2.05) is 0 Å². The lowest BCUT2D eigenvalue weighted by Gasteiger charge is -2.41. The topological polar surface area (TPSA) is 40.5 Å². The van der Waals surface area contributed by atoms with E-state index in [9.17, 15) is 4.79 Å². The van der Waals surface area contributed by atoms with E-state index < -0.39 is 5.97 Å². The Morgan fingerprint density at radius 3 is 2.88 bits per heavy atom. The molecule has 2 heterocycles. The number of carboxylic acid groups (broad SMARTS) is 1. The van der Waals surface area contributed by atoms with Crippen molar-refractivity contribution in [2.75, 3.05) is 13.1 Å². The monoisotopic (exact) mass is 239 g/mol. The van der Waals surface area contributed by atoms with Gasteiger partial charge in [0, 0.05) is 24.5 Å². The highest BCUT2D eigenvalue weighted by Crippen LogP contribution is 2.27. The molecule has 1 aromatic rings. The molecule has 1 unspecified atom stereocenters. The van der Waals surface area contributed by atoms with Gasteiger partial charge in [0.25, 0.3) is 0 Å². The molecule has 4 heteroatoms. The Kier molecular flexibility index (Phi) is 3.30. The lowest BCUT2D eigenvalue weighted by Crippen LogP contribution is -2.50. The summed E-state index contributed by atoms with van der Waals surface area (Å²) in [6, 6.07) is 2.14. The fourth-order valence-corrected chi connectivity index (χ4v) is 2.97. The number of likely N-dealkylation sites (tertiary alicyclic amines) is 1. The molecule has 88 valence electrons. The van der Waals surface area contributed by atoms with Gasteiger partial charge in [-0.1, -0.05) is 6.92 Å². The van der Waals surface area contributed by atoms with Gasteiger partial charge in [-0.25, -0.2) is 0 Å². The number of aryl methyl sites for hydroxylation is 1. The smallest absolute Gasteiger partial charge is 0.306 e. The molecule has 0 amide bonds. The molecular formula is C12H17NO2S. The summed E-state index contributed by atoms with van der Waals surface area (Å²) in [5.74, 6) is -0.546. The van der Waals surface area contributed by atoms with E-state index in [1.165, 1.54) is 10.4 Å². The maximum absolute atomic E-state index is 10.8. The molecule has 1 N–H and O–H groups in total. The molecular weight excluding hydrogens is 222 g/mol. The van der Waals surface area contributed by atoms with Crippen LogP contribution in [0.1, 0.15) is 17.4 Å². The van der Waals surface area contributed by atoms with Crippen LogP contribution >= 0.6 is 11.3 Å². The van der Waals surface area contributed by atoms with Crippen LogP contribution < -0.4 is 0 Å². The van der Waals surface area contributed by atoms with Crippen LogP contribution in [0.5, 0.6) is 0 Å². The van der Waals surface area contributed by atoms with Crippen molar-refractivity contribution in [3.05, 3.63) is 21.9 Å². The lowest BCUT2D eigenvalue weighted by atomic mass is 9.87. The van der Waals surface area contributed by atoms with Crippen LogP contribution in [0.2, 0.25) is 0 Å². The third kappa shape index (κ3) is 2.28. The molecule has 0 bridgehead atoms. The first-order chi connectivity index (χ1) is 7.58. The molecule has 0 aliphatic carbocycles. The molecule has 1 aromatic heterocycles. The van der Waals surface area contributed by atoms with Gasteiger partial charge in [-0.3, -0.25) is 9.69 Å². The molecule has 1 saturated heterocycles.